The van der Waals surface area contributed by atoms with Crippen molar-refractivity contribution in [2.45, 2.75) is 52.6 Å². The van der Waals surface area contributed by atoms with Gasteiger partial charge in [-0.25, -0.2) is 4.98 Å². The summed E-state index contributed by atoms with van der Waals surface area (Å²) in [6.07, 6.45) is 2.18. The highest BCUT2D eigenvalue weighted by Crippen LogP contribution is 2.21. The van der Waals surface area contributed by atoms with Crippen molar-refractivity contribution in [1.29, 1.82) is 5.26 Å². The standard InChI is InChI=1S/C29H33N7O4/c1-5-15-31-26-23(18-32-28(36-26)35-20-11-9-19(17-30)10-12-20)27(39)34-22-8-6-7-21(16-22)33-24(37)13-14-25(38)40-29(2,3)4/h6-12,16,18H,5,13-15H2,1-4H3,(H,33,37)(H,34,39)(H2,31,32,35,36). The second-order valence-electron chi connectivity index (χ2n) is 9.87. The zero-order valence-corrected chi connectivity index (χ0v) is 23.0. The van der Waals surface area contributed by atoms with Gasteiger partial charge in [0.15, 0.2) is 0 Å². The van der Waals surface area contributed by atoms with Gasteiger partial charge in [0.1, 0.15) is 17.0 Å². The Labute approximate surface area is 233 Å². The highest BCUT2D eigenvalue weighted by Gasteiger charge is 2.18. The van der Waals surface area contributed by atoms with Crippen LogP contribution in [0.3, 0.4) is 0 Å². The first kappa shape index (κ1) is 29.6. The summed E-state index contributed by atoms with van der Waals surface area (Å²) in [5.41, 5.74) is 1.78. The van der Waals surface area contributed by atoms with Crippen molar-refractivity contribution in [2.24, 2.45) is 0 Å². The number of nitriles is 1. The van der Waals surface area contributed by atoms with Crippen LogP contribution >= 0.6 is 0 Å². The highest BCUT2D eigenvalue weighted by atomic mass is 16.6. The minimum absolute atomic E-state index is 0.0296. The summed E-state index contributed by atoms with van der Waals surface area (Å²) in [7, 11) is 0. The summed E-state index contributed by atoms with van der Waals surface area (Å²) in [5, 5.41) is 20.7. The van der Waals surface area contributed by atoms with Gasteiger partial charge in [0.05, 0.1) is 18.1 Å². The van der Waals surface area contributed by atoms with E-state index < -0.39 is 17.5 Å². The van der Waals surface area contributed by atoms with Crippen molar-refractivity contribution in [1.82, 2.24) is 9.97 Å². The Bertz CT molecular complexity index is 1390. The average molecular weight is 544 g/mol. The lowest BCUT2D eigenvalue weighted by molar-refractivity contribution is -0.155. The molecule has 40 heavy (non-hydrogen) atoms. The Hall–Kier alpha value is -4.98. The summed E-state index contributed by atoms with van der Waals surface area (Å²) < 4.78 is 5.23. The maximum atomic E-state index is 13.1. The van der Waals surface area contributed by atoms with Gasteiger partial charge in [-0.2, -0.15) is 10.2 Å². The van der Waals surface area contributed by atoms with Gasteiger partial charge in [-0.05, 0) is 69.7 Å². The molecule has 0 aliphatic carbocycles. The molecule has 0 aliphatic rings. The van der Waals surface area contributed by atoms with Crippen LogP contribution in [0.1, 0.15) is 62.9 Å². The van der Waals surface area contributed by atoms with Gasteiger partial charge >= 0.3 is 5.97 Å². The fourth-order valence-corrected chi connectivity index (χ4v) is 3.45. The van der Waals surface area contributed by atoms with Gasteiger partial charge in [-0.1, -0.05) is 13.0 Å². The van der Waals surface area contributed by atoms with E-state index in [-0.39, 0.29) is 30.3 Å². The van der Waals surface area contributed by atoms with E-state index in [0.717, 1.165) is 6.42 Å². The number of rotatable bonds is 11. The molecule has 0 atom stereocenters. The molecule has 11 nitrogen and oxygen atoms in total. The molecular formula is C29H33N7O4. The molecule has 2 aromatic carbocycles. The molecule has 0 unspecified atom stereocenters. The number of ether oxygens (including phenoxy) is 1. The number of nitrogens with one attached hydrogen (secondary N) is 4. The Balaban J connectivity index is 1.66. The van der Waals surface area contributed by atoms with Crippen molar-refractivity contribution in [2.75, 3.05) is 27.8 Å². The predicted octanol–water partition coefficient (Wildman–Crippen LogP) is 5.23. The smallest absolute Gasteiger partial charge is 0.306 e. The van der Waals surface area contributed by atoms with Gasteiger partial charge in [0.2, 0.25) is 11.9 Å². The number of hydrogen-bond donors (Lipinski definition) is 4. The summed E-state index contributed by atoms with van der Waals surface area (Å²) in [6.45, 7) is 7.89. The van der Waals surface area contributed by atoms with E-state index in [4.69, 9.17) is 10.00 Å². The Morgan fingerprint density at radius 1 is 0.975 bits per heavy atom. The first-order chi connectivity index (χ1) is 19.1. The number of benzene rings is 2. The van der Waals surface area contributed by atoms with E-state index >= 15 is 0 Å². The molecule has 0 saturated carbocycles. The van der Waals surface area contributed by atoms with Crippen LogP contribution in [-0.2, 0) is 14.3 Å². The number of esters is 1. The van der Waals surface area contributed by atoms with Crippen LogP contribution in [0.25, 0.3) is 0 Å². The van der Waals surface area contributed by atoms with Crippen LogP contribution in [-0.4, -0.2) is 39.9 Å². The van der Waals surface area contributed by atoms with Crippen LogP contribution in [0.2, 0.25) is 0 Å². The van der Waals surface area contributed by atoms with Crippen molar-refractivity contribution < 1.29 is 19.1 Å². The monoisotopic (exact) mass is 543 g/mol. The summed E-state index contributed by atoms with van der Waals surface area (Å²) in [4.78, 5) is 46.1. The number of nitrogens with zero attached hydrogens (tertiary/aromatic N) is 3. The Morgan fingerprint density at radius 3 is 2.33 bits per heavy atom. The lowest BCUT2D eigenvalue weighted by Crippen LogP contribution is -2.24. The van der Waals surface area contributed by atoms with E-state index in [9.17, 15) is 14.4 Å². The third-order valence-electron chi connectivity index (χ3n) is 5.23. The summed E-state index contributed by atoms with van der Waals surface area (Å²) in [6, 6.07) is 15.6. The normalized spacial score (nSPS) is 10.7. The van der Waals surface area contributed by atoms with E-state index in [0.29, 0.717) is 35.0 Å². The molecule has 0 spiro atoms. The van der Waals surface area contributed by atoms with Gasteiger partial charge in [0.25, 0.3) is 5.91 Å². The maximum Gasteiger partial charge on any atom is 0.306 e. The number of anilines is 5. The summed E-state index contributed by atoms with van der Waals surface area (Å²) in [5.74, 6) is -0.583. The molecule has 2 amide bonds. The number of amides is 2. The molecule has 0 radical (unpaired) electrons. The molecular weight excluding hydrogens is 510 g/mol. The zero-order valence-electron chi connectivity index (χ0n) is 23.0. The molecule has 11 heteroatoms. The minimum Gasteiger partial charge on any atom is -0.460 e. The molecule has 1 heterocycles. The first-order valence-corrected chi connectivity index (χ1v) is 12.9. The third-order valence-corrected chi connectivity index (χ3v) is 5.23. The van der Waals surface area contributed by atoms with Crippen LogP contribution in [0.15, 0.2) is 54.7 Å². The van der Waals surface area contributed by atoms with Crippen molar-refractivity contribution >= 4 is 46.6 Å². The molecule has 0 aliphatic heterocycles. The van der Waals surface area contributed by atoms with Crippen LogP contribution in [0.4, 0.5) is 28.8 Å². The van der Waals surface area contributed by atoms with E-state index in [1.807, 2.05) is 6.92 Å². The molecule has 1 aromatic heterocycles. The fourth-order valence-electron chi connectivity index (χ4n) is 3.45. The predicted molar refractivity (Wildman–Crippen MR) is 153 cm³/mol. The number of aromatic nitrogens is 2. The Kier molecular flexibility index (Phi) is 10.1. The summed E-state index contributed by atoms with van der Waals surface area (Å²) >= 11 is 0. The highest BCUT2D eigenvalue weighted by molar-refractivity contribution is 6.07. The fraction of sp³-hybridized carbons (Fsp3) is 0.310. The average Bonchev–Trinajstić information content (AvgIpc) is 2.90. The van der Waals surface area contributed by atoms with Crippen molar-refractivity contribution in [3.05, 3.63) is 65.9 Å². The first-order valence-electron chi connectivity index (χ1n) is 12.9. The van der Waals surface area contributed by atoms with E-state index in [1.54, 1.807) is 69.3 Å². The van der Waals surface area contributed by atoms with Gasteiger partial charge in [0, 0.05) is 36.2 Å². The van der Waals surface area contributed by atoms with Crippen LogP contribution in [0, 0.1) is 11.3 Å². The zero-order chi connectivity index (χ0) is 29.1. The third kappa shape index (κ3) is 9.40. The molecule has 0 saturated heterocycles. The molecule has 3 rings (SSSR count). The number of hydrogen-bond acceptors (Lipinski definition) is 9. The minimum atomic E-state index is -0.612. The van der Waals surface area contributed by atoms with Gasteiger partial charge in [-0.15, -0.1) is 0 Å². The van der Waals surface area contributed by atoms with Gasteiger partial charge < -0.3 is 26.0 Å². The molecule has 0 bridgehead atoms. The lowest BCUT2D eigenvalue weighted by Gasteiger charge is -2.19. The van der Waals surface area contributed by atoms with Crippen molar-refractivity contribution in [3.63, 3.8) is 0 Å². The second-order valence-corrected chi connectivity index (χ2v) is 9.87. The SMILES string of the molecule is CCCNc1nc(Nc2ccc(C#N)cc2)ncc1C(=O)Nc1cccc(NC(=O)CCC(=O)OC(C)(C)C)c1. The second kappa shape index (κ2) is 13.7. The number of carbonyl (C=O) groups is 3. The van der Waals surface area contributed by atoms with Crippen LogP contribution < -0.4 is 21.3 Å². The largest absolute Gasteiger partial charge is 0.460 e. The maximum absolute atomic E-state index is 13.1. The molecule has 208 valence electrons. The van der Waals surface area contributed by atoms with Crippen molar-refractivity contribution in [3.8, 4) is 6.07 Å². The molecule has 3 aromatic rings. The lowest BCUT2D eigenvalue weighted by atomic mass is 10.2. The quantitative estimate of drug-likeness (QED) is 0.238. The molecule has 0 fully saturated rings. The molecule has 4 N–H and O–H groups in total. The Morgan fingerprint density at radius 2 is 1.68 bits per heavy atom. The number of carbonyl (C=O) groups excluding carboxylic acids is 3. The van der Waals surface area contributed by atoms with Gasteiger partial charge in [-0.3, -0.25) is 14.4 Å². The van der Waals surface area contributed by atoms with Crippen LogP contribution in [0.5, 0.6) is 0 Å². The van der Waals surface area contributed by atoms with E-state index in [1.165, 1.54) is 6.20 Å². The topological polar surface area (TPSA) is 158 Å². The van der Waals surface area contributed by atoms with E-state index in [2.05, 4.69) is 37.3 Å².